The molecule has 0 bridgehead atoms. The van der Waals surface area contributed by atoms with Gasteiger partial charge in [-0.25, -0.2) is 8.78 Å². The summed E-state index contributed by atoms with van der Waals surface area (Å²) in [6.07, 6.45) is 0. The van der Waals surface area contributed by atoms with Crippen LogP contribution in [0.1, 0.15) is 47.7 Å². The van der Waals surface area contributed by atoms with Crippen LogP contribution in [0.4, 0.5) is 8.78 Å². The van der Waals surface area contributed by atoms with Crippen LogP contribution in [0, 0.1) is 18.6 Å². The van der Waals surface area contributed by atoms with Crippen LogP contribution in [0.15, 0.2) is 24.3 Å². The quantitative estimate of drug-likeness (QED) is 0.846. The molecular weight excluding hydrogens is 288 g/mol. The summed E-state index contributed by atoms with van der Waals surface area (Å²) in [4.78, 5) is 2.12. The third-order valence-corrected chi connectivity index (χ3v) is 5.12. The van der Waals surface area contributed by atoms with Gasteiger partial charge in [-0.15, -0.1) is 11.3 Å². The topological polar surface area (TPSA) is 12.0 Å². The molecule has 1 aromatic heterocycles. The first-order chi connectivity index (χ1) is 9.75. The Hall–Kier alpha value is -1.26. The third-order valence-electron chi connectivity index (χ3n) is 3.55. The maximum absolute atomic E-state index is 14.4. The van der Waals surface area contributed by atoms with E-state index in [9.17, 15) is 8.78 Å². The minimum atomic E-state index is -0.511. The maximum atomic E-state index is 14.4. The average Bonchev–Trinajstić information content (AvgIpc) is 2.88. The Balaban J connectivity index is 2.51. The van der Waals surface area contributed by atoms with Crippen LogP contribution < -0.4 is 5.32 Å². The summed E-state index contributed by atoms with van der Waals surface area (Å²) < 4.78 is 28.5. The highest BCUT2D eigenvalue weighted by molar-refractivity contribution is 7.12. The predicted molar refractivity (Wildman–Crippen MR) is 85.0 cm³/mol. The molecule has 1 nitrogen and oxygen atoms in total. The van der Waals surface area contributed by atoms with E-state index in [0.717, 1.165) is 4.88 Å². The lowest BCUT2D eigenvalue weighted by Crippen LogP contribution is -2.20. The van der Waals surface area contributed by atoms with Gasteiger partial charge in [-0.3, -0.25) is 0 Å². The molecule has 1 N–H and O–H groups in total. The van der Waals surface area contributed by atoms with E-state index in [-0.39, 0.29) is 11.0 Å². The normalized spacial score (nSPS) is 13.5. The van der Waals surface area contributed by atoms with Crippen molar-refractivity contribution >= 4 is 11.3 Å². The van der Waals surface area contributed by atoms with Crippen molar-refractivity contribution < 1.29 is 8.78 Å². The van der Waals surface area contributed by atoms with Crippen molar-refractivity contribution in [3.8, 4) is 0 Å². The lowest BCUT2D eigenvalue weighted by atomic mass is 9.95. The van der Waals surface area contributed by atoms with Crippen molar-refractivity contribution in [3.05, 3.63) is 56.8 Å². The third kappa shape index (κ3) is 3.16. The van der Waals surface area contributed by atoms with Gasteiger partial charge in [0.05, 0.1) is 6.04 Å². The lowest BCUT2D eigenvalue weighted by Gasteiger charge is -2.19. The van der Waals surface area contributed by atoms with Gasteiger partial charge in [0.1, 0.15) is 11.6 Å². The zero-order valence-electron chi connectivity index (χ0n) is 13.1. The maximum Gasteiger partial charge on any atom is 0.134 e. The van der Waals surface area contributed by atoms with Crippen LogP contribution in [0.3, 0.4) is 0 Å². The second-order valence-electron chi connectivity index (χ2n) is 6.27. The molecule has 0 saturated heterocycles. The van der Waals surface area contributed by atoms with Crippen molar-refractivity contribution in [1.82, 2.24) is 5.32 Å². The molecule has 4 heteroatoms. The fraction of sp³-hybridized carbons (Fsp3) is 0.412. The predicted octanol–water partition coefficient (Wildman–Crippen LogP) is 4.94. The van der Waals surface area contributed by atoms with Gasteiger partial charge in [0.15, 0.2) is 0 Å². The molecule has 2 aromatic rings. The van der Waals surface area contributed by atoms with Crippen LogP contribution in [0.25, 0.3) is 0 Å². The summed E-state index contributed by atoms with van der Waals surface area (Å²) in [6.45, 7) is 8.04. The molecular formula is C17H21F2NS. The number of hydrogen-bond acceptors (Lipinski definition) is 2. The highest BCUT2D eigenvalue weighted by Gasteiger charge is 2.25. The van der Waals surface area contributed by atoms with Crippen LogP contribution in [-0.4, -0.2) is 7.05 Å². The molecule has 2 rings (SSSR count). The number of aryl methyl sites for hydroxylation is 1. The van der Waals surface area contributed by atoms with Crippen molar-refractivity contribution in [1.29, 1.82) is 0 Å². The van der Waals surface area contributed by atoms with Gasteiger partial charge in [0, 0.05) is 15.3 Å². The molecule has 1 heterocycles. The fourth-order valence-corrected chi connectivity index (χ4v) is 3.47. The molecule has 1 aromatic carbocycles. The Bertz CT molecular complexity index is 641. The molecule has 0 amide bonds. The molecule has 0 radical (unpaired) electrons. The largest absolute Gasteiger partial charge is 0.308 e. The Morgan fingerprint density at radius 2 is 1.76 bits per heavy atom. The molecule has 1 atom stereocenters. The van der Waals surface area contributed by atoms with Gasteiger partial charge >= 0.3 is 0 Å². The molecule has 114 valence electrons. The van der Waals surface area contributed by atoms with Crippen LogP contribution >= 0.6 is 11.3 Å². The lowest BCUT2D eigenvalue weighted by molar-refractivity contribution is 0.520. The monoisotopic (exact) mass is 309 g/mol. The fourth-order valence-electron chi connectivity index (χ4n) is 2.28. The van der Waals surface area contributed by atoms with E-state index in [1.807, 2.05) is 12.1 Å². The minimum absolute atomic E-state index is 0.0326. The van der Waals surface area contributed by atoms with Crippen LogP contribution in [0.5, 0.6) is 0 Å². The van der Waals surface area contributed by atoms with E-state index in [1.54, 1.807) is 25.3 Å². The molecule has 1 unspecified atom stereocenters. The molecule has 0 aliphatic rings. The summed E-state index contributed by atoms with van der Waals surface area (Å²) >= 11 is 1.59. The Morgan fingerprint density at radius 1 is 1.10 bits per heavy atom. The Morgan fingerprint density at radius 3 is 2.29 bits per heavy atom. The summed E-state index contributed by atoms with van der Waals surface area (Å²) in [7, 11) is 1.72. The van der Waals surface area contributed by atoms with Gasteiger partial charge in [-0.05, 0) is 43.1 Å². The molecule has 0 aliphatic carbocycles. The highest BCUT2D eigenvalue weighted by atomic mass is 32.1. The van der Waals surface area contributed by atoms with Crippen LogP contribution in [-0.2, 0) is 5.41 Å². The van der Waals surface area contributed by atoms with Crippen molar-refractivity contribution in [2.24, 2.45) is 0 Å². The number of hydrogen-bond donors (Lipinski definition) is 1. The van der Waals surface area contributed by atoms with Gasteiger partial charge in [-0.2, -0.15) is 0 Å². The van der Waals surface area contributed by atoms with E-state index in [4.69, 9.17) is 0 Å². The minimum Gasteiger partial charge on any atom is -0.308 e. The van der Waals surface area contributed by atoms with E-state index < -0.39 is 17.7 Å². The average molecular weight is 309 g/mol. The first-order valence-electron chi connectivity index (χ1n) is 6.97. The molecule has 0 saturated carbocycles. The van der Waals surface area contributed by atoms with Gasteiger partial charge in [0.2, 0.25) is 0 Å². The van der Waals surface area contributed by atoms with Gasteiger partial charge in [0.25, 0.3) is 0 Å². The van der Waals surface area contributed by atoms with E-state index in [2.05, 4.69) is 26.1 Å². The van der Waals surface area contributed by atoms with Crippen molar-refractivity contribution in [2.75, 3.05) is 7.05 Å². The SMILES string of the molecule is CNC(c1ccc(C(C)(C)C)s1)c1c(F)ccc(C)c1F. The summed E-state index contributed by atoms with van der Waals surface area (Å²) in [5.74, 6) is -0.983. The standard InChI is InChI=1S/C17H21F2NS/c1-10-6-7-11(18)14(15(10)19)16(20-5)12-8-9-13(21-12)17(2,3)4/h6-9,16,20H,1-5H3. The molecule has 21 heavy (non-hydrogen) atoms. The number of rotatable bonds is 3. The Labute approximate surface area is 129 Å². The number of halogens is 2. The highest BCUT2D eigenvalue weighted by Crippen LogP contribution is 2.36. The first-order valence-corrected chi connectivity index (χ1v) is 7.79. The van der Waals surface area contributed by atoms with E-state index in [1.165, 1.54) is 17.0 Å². The first kappa shape index (κ1) is 16.1. The molecule has 0 fully saturated rings. The van der Waals surface area contributed by atoms with E-state index >= 15 is 0 Å². The van der Waals surface area contributed by atoms with Crippen molar-refractivity contribution in [2.45, 2.75) is 39.2 Å². The summed E-state index contributed by atoms with van der Waals surface area (Å²) in [5.41, 5.74) is 0.587. The summed E-state index contributed by atoms with van der Waals surface area (Å²) in [5, 5.41) is 3.04. The van der Waals surface area contributed by atoms with Gasteiger partial charge < -0.3 is 5.32 Å². The van der Waals surface area contributed by atoms with E-state index in [0.29, 0.717) is 5.56 Å². The van der Waals surface area contributed by atoms with Gasteiger partial charge in [-0.1, -0.05) is 26.8 Å². The summed E-state index contributed by atoms with van der Waals surface area (Å²) in [6, 6.07) is 6.32. The second-order valence-corrected chi connectivity index (χ2v) is 7.38. The molecule has 0 spiro atoms. The van der Waals surface area contributed by atoms with Crippen molar-refractivity contribution in [3.63, 3.8) is 0 Å². The zero-order valence-corrected chi connectivity index (χ0v) is 13.9. The second kappa shape index (κ2) is 5.85. The zero-order chi connectivity index (χ0) is 15.8. The smallest absolute Gasteiger partial charge is 0.134 e. The number of thiophene rings is 1. The van der Waals surface area contributed by atoms with Crippen LogP contribution in [0.2, 0.25) is 0 Å². The molecule has 0 aliphatic heterocycles. The Kier molecular flexibility index (Phi) is 4.49. The number of benzene rings is 1. The number of nitrogens with one attached hydrogen (secondary N) is 1.